The van der Waals surface area contributed by atoms with Gasteiger partial charge in [-0.15, -0.1) is 0 Å². The number of nitrogens with zero attached hydrogens (tertiary/aromatic N) is 1. The summed E-state index contributed by atoms with van der Waals surface area (Å²) in [4.78, 5) is 12.7. The average Bonchev–Trinajstić information content (AvgIpc) is 2.96. The van der Waals surface area contributed by atoms with E-state index in [9.17, 15) is 4.79 Å². The van der Waals surface area contributed by atoms with Gasteiger partial charge in [0.05, 0.1) is 19.6 Å². The zero-order valence-electron chi connectivity index (χ0n) is 12.3. The lowest BCUT2D eigenvalue weighted by atomic mass is 10.1. The summed E-state index contributed by atoms with van der Waals surface area (Å²) in [6.45, 7) is 4.85. The van der Waals surface area contributed by atoms with Gasteiger partial charge in [-0.05, 0) is 31.0 Å². The maximum Gasteiger partial charge on any atom is 0.305 e. The van der Waals surface area contributed by atoms with Gasteiger partial charge in [0.15, 0.2) is 0 Å². The van der Waals surface area contributed by atoms with E-state index < -0.39 is 5.97 Å². The first kappa shape index (κ1) is 15.8. The molecule has 116 valence electrons. The number of hydrogen-bond donors (Lipinski definition) is 2. The van der Waals surface area contributed by atoms with Crippen LogP contribution in [-0.2, 0) is 9.53 Å². The molecule has 1 atom stereocenters. The number of aliphatic carboxylic acids is 1. The number of nitrogens with one attached hydrogen (secondary N) is 1. The third-order valence-corrected chi connectivity index (χ3v) is 3.72. The lowest BCUT2D eigenvalue weighted by Crippen LogP contribution is -2.28. The molecule has 0 saturated carbocycles. The first-order valence-electron chi connectivity index (χ1n) is 7.56. The fourth-order valence-corrected chi connectivity index (χ4v) is 2.58. The first-order valence-corrected chi connectivity index (χ1v) is 7.56. The Bertz CT molecular complexity index is 425. The summed E-state index contributed by atoms with van der Waals surface area (Å²) in [6.07, 6.45) is 1.29. The monoisotopic (exact) mass is 292 g/mol. The number of hydrogen-bond acceptors (Lipinski definition) is 4. The molecule has 0 radical (unpaired) electrons. The second-order valence-electron chi connectivity index (χ2n) is 5.40. The Kier molecular flexibility index (Phi) is 6.50. The largest absolute Gasteiger partial charge is 0.481 e. The van der Waals surface area contributed by atoms with Crippen LogP contribution in [0.25, 0.3) is 0 Å². The van der Waals surface area contributed by atoms with E-state index in [-0.39, 0.29) is 6.42 Å². The van der Waals surface area contributed by atoms with Crippen LogP contribution in [0.15, 0.2) is 30.3 Å². The van der Waals surface area contributed by atoms with Gasteiger partial charge in [-0.3, -0.25) is 4.79 Å². The van der Waals surface area contributed by atoms with Crippen LogP contribution in [-0.4, -0.2) is 50.5 Å². The number of carbonyl (C=O) groups is 1. The Labute approximate surface area is 125 Å². The molecule has 0 amide bonds. The number of carboxylic acids is 1. The van der Waals surface area contributed by atoms with E-state index in [0.717, 1.165) is 26.2 Å². The molecule has 1 heterocycles. The van der Waals surface area contributed by atoms with Crippen molar-refractivity contribution in [3.05, 3.63) is 30.3 Å². The molecule has 1 aromatic rings. The summed E-state index contributed by atoms with van der Waals surface area (Å²) in [5.41, 5.74) is 1.30. The first-order chi connectivity index (χ1) is 10.3. The van der Waals surface area contributed by atoms with E-state index >= 15 is 0 Å². The standard InChI is InChI=1S/C16H24N2O3/c19-16(20)7-10-21-11-8-17-12-14-6-9-18(13-14)15-4-2-1-3-5-15/h1-5,14,17H,6-13H2,(H,19,20). The number of rotatable bonds is 9. The highest BCUT2D eigenvalue weighted by Crippen LogP contribution is 2.22. The van der Waals surface area contributed by atoms with Crippen LogP contribution < -0.4 is 10.2 Å². The fourth-order valence-electron chi connectivity index (χ4n) is 2.58. The molecule has 0 aromatic heterocycles. The van der Waals surface area contributed by atoms with Crippen molar-refractivity contribution in [1.29, 1.82) is 0 Å². The molecule has 0 spiro atoms. The van der Waals surface area contributed by atoms with Gasteiger partial charge < -0.3 is 20.1 Å². The van der Waals surface area contributed by atoms with Crippen LogP contribution in [0.2, 0.25) is 0 Å². The van der Waals surface area contributed by atoms with Crippen molar-refractivity contribution in [1.82, 2.24) is 5.32 Å². The van der Waals surface area contributed by atoms with E-state index in [4.69, 9.17) is 9.84 Å². The van der Waals surface area contributed by atoms with Crippen molar-refractivity contribution < 1.29 is 14.6 Å². The fraction of sp³-hybridized carbons (Fsp3) is 0.562. The molecule has 1 aliphatic rings. The average molecular weight is 292 g/mol. The third-order valence-electron chi connectivity index (χ3n) is 3.72. The van der Waals surface area contributed by atoms with Crippen LogP contribution in [0.1, 0.15) is 12.8 Å². The smallest absolute Gasteiger partial charge is 0.305 e. The molecule has 21 heavy (non-hydrogen) atoms. The summed E-state index contributed by atoms with van der Waals surface area (Å²) < 4.78 is 5.25. The number of carboxylic acid groups (broad SMARTS) is 1. The predicted molar refractivity (Wildman–Crippen MR) is 82.7 cm³/mol. The lowest BCUT2D eigenvalue weighted by molar-refractivity contribution is -0.138. The molecule has 0 aliphatic carbocycles. The van der Waals surface area contributed by atoms with Gasteiger partial charge in [-0.25, -0.2) is 0 Å². The molecule has 1 fully saturated rings. The highest BCUT2D eigenvalue weighted by atomic mass is 16.5. The predicted octanol–water partition coefficient (Wildman–Crippen LogP) is 1.59. The summed E-state index contributed by atoms with van der Waals surface area (Å²) in [6, 6.07) is 10.5. The van der Waals surface area contributed by atoms with Gasteiger partial charge in [0.1, 0.15) is 0 Å². The SMILES string of the molecule is O=C(O)CCOCCNCC1CCN(c2ccccc2)C1. The van der Waals surface area contributed by atoms with Gasteiger partial charge in [0.25, 0.3) is 0 Å². The van der Waals surface area contributed by atoms with E-state index in [1.54, 1.807) is 0 Å². The van der Waals surface area contributed by atoms with E-state index in [0.29, 0.717) is 19.1 Å². The molecule has 1 unspecified atom stereocenters. The minimum atomic E-state index is -0.810. The zero-order chi connectivity index (χ0) is 14.9. The quantitative estimate of drug-likeness (QED) is 0.677. The van der Waals surface area contributed by atoms with Crippen molar-refractivity contribution in [2.45, 2.75) is 12.8 Å². The molecule has 0 bridgehead atoms. The summed E-state index contributed by atoms with van der Waals surface area (Å²) in [5.74, 6) is -0.140. The Hall–Kier alpha value is -1.59. The topological polar surface area (TPSA) is 61.8 Å². The maximum atomic E-state index is 10.3. The van der Waals surface area contributed by atoms with Gasteiger partial charge >= 0.3 is 5.97 Å². The summed E-state index contributed by atoms with van der Waals surface area (Å²) >= 11 is 0. The van der Waals surface area contributed by atoms with Crippen molar-refractivity contribution in [2.75, 3.05) is 44.3 Å². The molecule has 5 nitrogen and oxygen atoms in total. The molecule has 1 saturated heterocycles. The molecule has 2 rings (SSSR count). The molecular formula is C16H24N2O3. The van der Waals surface area contributed by atoms with Crippen LogP contribution in [0.3, 0.4) is 0 Å². The van der Waals surface area contributed by atoms with E-state index in [1.165, 1.54) is 12.1 Å². The summed E-state index contributed by atoms with van der Waals surface area (Å²) in [5, 5.41) is 11.9. The number of anilines is 1. The van der Waals surface area contributed by atoms with Gasteiger partial charge in [0, 0.05) is 25.3 Å². The lowest BCUT2D eigenvalue weighted by Gasteiger charge is -2.18. The van der Waals surface area contributed by atoms with Crippen LogP contribution in [0, 0.1) is 5.92 Å². The van der Waals surface area contributed by atoms with Crippen molar-refractivity contribution >= 4 is 11.7 Å². The van der Waals surface area contributed by atoms with Crippen LogP contribution in [0.4, 0.5) is 5.69 Å². The Morgan fingerprint density at radius 3 is 2.90 bits per heavy atom. The van der Waals surface area contributed by atoms with E-state index in [1.807, 2.05) is 6.07 Å². The molecule has 5 heteroatoms. The highest BCUT2D eigenvalue weighted by molar-refractivity contribution is 5.66. The number of benzene rings is 1. The molecule has 1 aromatic carbocycles. The van der Waals surface area contributed by atoms with Crippen LogP contribution >= 0.6 is 0 Å². The van der Waals surface area contributed by atoms with Gasteiger partial charge in [-0.1, -0.05) is 18.2 Å². The molecular weight excluding hydrogens is 268 g/mol. The van der Waals surface area contributed by atoms with E-state index in [2.05, 4.69) is 34.5 Å². The number of para-hydroxylation sites is 1. The van der Waals surface area contributed by atoms with Crippen LogP contribution in [0.5, 0.6) is 0 Å². The Morgan fingerprint density at radius 2 is 2.14 bits per heavy atom. The molecule has 2 N–H and O–H groups in total. The minimum Gasteiger partial charge on any atom is -0.481 e. The second kappa shape index (κ2) is 8.64. The highest BCUT2D eigenvalue weighted by Gasteiger charge is 2.21. The van der Waals surface area contributed by atoms with Crippen molar-refractivity contribution in [2.24, 2.45) is 5.92 Å². The number of ether oxygens (including phenoxy) is 1. The Morgan fingerprint density at radius 1 is 1.33 bits per heavy atom. The minimum absolute atomic E-state index is 0.0780. The third kappa shape index (κ3) is 5.73. The van der Waals surface area contributed by atoms with Gasteiger partial charge in [-0.2, -0.15) is 0 Å². The maximum absolute atomic E-state index is 10.3. The van der Waals surface area contributed by atoms with Crippen molar-refractivity contribution in [3.8, 4) is 0 Å². The molecule has 1 aliphatic heterocycles. The normalized spacial score (nSPS) is 18.1. The Balaban J connectivity index is 1.54. The van der Waals surface area contributed by atoms with Crippen molar-refractivity contribution in [3.63, 3.8) is 0 Å². The zero-order valence-corrected chi connectivity index (χ0v) is 12.3. The second-order valence-corrected chi connectivity index (χ2v) is 5.40. The summed E-state index contributed by atoms with van der Waals surface area (Å²) in [7, 11) is 0. The van der Waals surface area contributed by atoms with Gasteiger partial charge in [0.2, 0.25) is 0 Å².